The number of sulfonamides is 1. The lowest BCUT2D eigenvalue weighted by atomic mass is 10.1. The summed E-state index contributed by atoms with van der Waals surface area (Å²) in [5.41, 5.74) is 0.964. The summed E-state index contributed by atoms with van der Waals surface area (Å²) in [7, 11) is -3.79. The fourth-order valence-corrected chi connectivity index (χ4v) is 3.69. The van der Waals surface area contributed by atoms with E-state index in [4.69, 9.17) is 9.15 Å². The molecule has 1 heterocycles. The van der Waals surface area contributed by atoms with Crippen LogP contribution < -0.4 is 10.0 Å². The molecule has 0 aliphatic rings. The first-order valence-electron chi connectivity index (χ1n) is 9.64. The van der Waals surface area contributed by atoms with E-state index in [1.165, 1.54) is 42.7 Å². The predicted octanol–water partition coefficient (Wildman–Crippen LogP) is 2.41. The van der Waals surface area contributed by atoms with Crippen molar-refractivity contribution < 1.29 is 31.6 Å². The van der Waals surface area contributed by atoms with Crippen molar-refractivity contribution in [3.63, 3.8) is 0 Å². The van der Waals surface area contributed by atoms with E-state index >= 15 is 0 Å². The molecule has 10 heteroatoms. The number of carbonyl (C=O) groups is 2. The fraction of sp³-hybridized carbons (Fsp3) is 0.182. The van der Waals surface area contributed by atoms with Gasteiger partial charge in [0.05, 0.1) is 23.3 Å². The van der Waals surface area contributed by atoms with Crippen LogP contribution in [-0.2, 0) is 32.5 Å². The standard InChI is InChI=1S/C22H21FN2O6S/c23-18-7-3-16(4-8-18)11-12-24-21(26)15-31-22(27)17-5-9-20(10-6-17)32(28,29)25-14-19-2-1-13-30-19/h1-10,13,25H,11-12,14-15H2,(H,24,26). The van der Waals surface area contributed by atoms with Crippen molar-refractivity contribution in [2.75, 3.05) is 13.2 Å². The molecule has 3 rings (SSSR count). The first-order valence-corrected chi connectivity index (χ1v) is 11.1. The summed E-state index contributed by atoms with van der Waals surface area (Å²) < 4.78 is 49.9. The Labute approximate surface area is 184 Å². The van der Waals surface area contributed by atoms with Crippen LogP contribution in [0.1, 0.15) is 21.7 Å². The zero-order chi connectivity index (χ0) is 23.0. The number of hydrogen-bond donors (Lipinski definition) is 2. The molecule has 32 heavy (non-hydrogen) atoms. The van der Waals surface area contributed by atoms with Gasteiger partial charge in [0.2, 0.25) is 10.0 Å². The normalized spacial score (nSPS) is 11.2. The lowest BCUT2D eigenvalue weighted by molar-refractivity contribution is -0.124. The molecule has 0 unspecified atom stereocenters. The molecule has 2 N–H and O–H groups in total. The predicted molar refractivity (Wildman–Crippen MR) is 113 cm³/mol. The largest absolute Gasteiger partial charge is 0.468 e. The molecule has 0 bridgehead atoms. The highest BCUT2D eigenvalue weighted by Gasteiger charge is 2.16. The summed E-state index contributed by atoms with van der Waals surface area (Å²) in [4.78, 5) is 23.9. The van der Waals surface area contributed by atoms with Gasteiger partial charge in [0.1, 0.15) is 11.6 Å². The van der Waals surface area contributed by atoms with Crippen molar-refractivity contribution in [1.29, 1.82) is 0 Å². The number of esters is 1. The number of hydrogen-bond acceptors (Lipinski definition) is 6. The van der Waals surface area contributed by atoms with E-state index < -0.39 is 28.5 Å². The molecule has 0 fully saturated rings. The second-order valence-corrected chi connectivity index (χ2v) is 8.50. The summed E-state index contributed by atoms with van der Waals surface area (Å²) in [6.07, 6.45) is 1.94. The van der Waals surface area contributed by atoms with E-state index in [0.717, 1.165) is 5.56 Å². The van der Waals surface area contributed by atoms with Crippen LogP contribution in [0.2, 0.25) is 0 Å². The second kappa shape index (κ2) is 10.7. The molecule has 0 saturated carbocycles. The van der Waals surface area contributed by atoms with Gasteiger partial charge in [0.15, 0.2) is 6.61 Å². The minimum absolute atomic E-state index is 0.00457. The summed E-state index contributed by atoms with van der Waals surface area (Å²) in [6, 6.07) is 14.3. The number of furan rings is 1. The second-order valence-electron chi connectivity index (χ2n) is 6.73. The Balaban J connectivity index is 1.43. The van der Waals surface area contributed by atoms with E-state index in [1.54, 1.807) is 24.3 Å². The van der Waals surface area contributed by atoms with E-state index in [-0.39, 0.29) is 22.8 Å². The van der Waals surface area contributed by atoms with Gasteiger partial charge in [-0.25, -0.2) is 22.3 Å². The number of benzene rings is 2. The van der Waals surface area contributed by atoms with Crippen LogP contribution in [0.25, 0.3) is 0 Å². The highest BCUT2D eigenvalue weighted by atomic mass is 32.2. The zero-order valence-corrected chi connectivity index (χ0v) is 17.7. The van der Waals surface area contributed by atoms with Gasteiger partial charge in [0.25, 0.3) is 5.91 Å². The third-order valence-corrected chi connectivity index (χ3v) is 5.82. The molecule has 1 amide bonds. The number of nitrogens with one attached hydrogen (secondary N) is 2. The minimum Gasteiger partial charge on any atom is -0.468 e. The van der Waals surface area contributed by atoms with Crippen molar-refractivity contribution in [1.82, 2.24) is 10.0 Å². The van der Waals surface area contributed by atoms with E-state index in [9.17, 15) is 22.4 Å². The van der Waals surface area contributed by atoms with Crippen LogP contribution in [0, 0.1) is 5.82 Å². The maximum atomic E-state index is 12.9. The van der Waals surface area contributed by atoms with Crippen molar-refractivity contribution in [3.8, 4) is 0 Å². The molecule has 168 valence electrons. The van der Waals surface area contributed by atoms with E-state index in [2.05, 4.69) is 10.0 Å². The Bertz CT molecular complexity index is 1140. The Hall–Kier alpha value is -3.50. The molecule has 8 nitrogen and oxygen atoms in total. The molecule has 0 saturated heterocycles. The number of amides is 1. The third kappa shape index (κ3) is 6.76. The summed E-state index contributed by atoms with van der Waals surface area (Å²) in [6.45, 7) is -0.179. The first kappa shape index (κ1) is 23.2. The summed E-state index contributed by atoms with van der Waals surface area (Å²) >= 11 is 0. The van der Waals surface area contributed by atoms with Crippen LogP contribution in [0.3, 0.4) is 0 Å². The van der Waals surface area contributed by atoms with Crippen LogP contribution in [-0.4, -0.2) is 33.4 Å². The van der Waals surface area contributed by atoms with Gasteiger partial charge in [-0.15, -0.1) is 0 Å². The fourth-order valence-electron chi connectivity index (χ4n) is 2.70. The van der Waals surface area contributed by atoms with Gasteiger partial charge in [-0.3, -0.25) is 4.79 Å². The zero-order valence-electron chi connectivity index (χ0n) is 16.9. The summed E-state index contributed by atoms with van der Waals surface area (Å²) in [5.74, 6) is -1.11. The quantitative estimate of drug-likeness (QED) is 0.449. The van der Waals surface area contributed by atoms with E-state index in [1.807, 2.05) is 0 Å². The highest BCUT2D eigenvalue weighted by Crippen LogP contribution is 2.12. The van der Waals surface area contributed by atoms with Crippen molar-refractivity contribution in [2.45, 2.75) is 17.9 Å². The Kier molecular flexibility index (Phi) is 7.74. The van der Waals surface area contributed by atoms with Crippen molar-refractivity contribution in [2.24, 2.45) is 0 Å². The smallest absolute Gasteiger partial charge is 0.338 e. The molecule has 0 radical (unpaired) electrons. The lowest BCUT2D eigenvalue weighted by Crippen LogP contribution is -2.30. The Morgan fingerprint density at radius 1 is 1.00 bits per heavy atom. The summed E-state index contributed by atoms with van der Waals surface area (Å²) in [5, 5.41) is 2.60. The molecule has 0 atom stereocenters. The van der Waals surface area contributed by atoms with Crippen molar-refractivity contribution in [3.05, 3.63) is 89.6 Å². The molecule has 0 aliphatic heterocycles. The maximum Gasteiger partial charge on any atom is 0.338 e. The Morgan fingerprint density at radius 2 is 1.72 bits per heavy atom. The topological polar surface area (TPSA) is 115 Å². The molecular formula is C22H21FN2O6S. The first-order chi connectivity index (χ1) is 15.3. The molecule has 0 aliphatic carbocycles. The maximum absolute atomic E-state index is 12.9. The van der Waals surface area contributed by atoms with Crippen molar-refractivity contribution >= 4 is 21.9 Å². The average Bonchev–Trinajstić information content (AvgIpc) is 3.31. The molecule has 1 aromatic heterocycles. The molecule has 3 aromatic rings. The van der Waals surface area contributed by atoms with Gasteiger partial charge >= 0.3 is 5.97 Å². The van der Waals surface area contributed by atoms with Gasteiger partial charge in [-0.1, -0.05) is 12.1 Å². The van der Waals surface area contributed by atoms with Gasteiger partial charge in [-0.05, 0) is 60.5 Å². The van der Waals surface area contributed by atoms with Crippen LogP contribution in [0.5, 0.6) is 0 Å². The number of halogens is 1. The van der Waals surface area contributed by atoms with E-state index in [0.29, 0.717) is 18.7 Å². The average molecular weight is 460 g/mol. The SMILES string of the molecule is O=C(COC(=O)c1ccc(S(=O)(=O)NCc2ccco2)cc1)NCCc1ccc(F)cc1. The van der Waals surface area contributed by atoms with Gasteiger partial charge < -0.3 is 14.5 Å². The molecule has 0 spiro atoms. The highest BCUT2D eigenvalue weighted by molar-refractivity contribution is 7.89. The third-order valence-electron chi connectivity index (χ3n) is 4.40. The van der Waals surface area contributed by atoms with Gasteiger partial charge in [0, 0.05) is 6.54 Å². The van der Waals surface area contributed by atoms with Crippen LogP contribution >= 0.6 is 0 Å². The number of carbonyl (C=O) groups excluding carboxylic acids is 2. The number of rotatable bonds is 10. The monoisotopic (exact) mass is 460 g/mol. The molecular weight excluding hydrogens is 439 g/mol. The lowest BCUT2D eigenvalue weighted by Gasteiger charge is -2.08. The number of ether oxygens (including phenoxy) is 1. The minimum atomic E-state index is -3.79. The van der Waals surface area contributed by atoms with Crippen LogP contribution in [0.15, 0.2) is 76.2 Å². The molecule has 2 aromatic carbocycles. The van der Waals surface area contributed by atoms with Gasteiger partial charge in [-0.2, -0.15) is 0 Å². The van der Waals surface area contributed by atoms with Crippen LogP contribution in [0.4, 0.5) is 4.39 Å². The Morgan fingerprint density at radius 3 is 2.38 bits per heavy atom.